The van der Waals surface area contributed by atoms with E-state index in [2.05, 4.69) is 6.92 Å². The molecule has 1 unspecified atom stereocenters. The quantitative estimate of drug-likeness (QED) is 0.413. The van der Waals surface area contributed by atoms with Gasteiger partial charge >= 0.3 is 11.9 Å². The van der Waals surface area contributed by atoms with Crippen molar-refractivity contribution >= 4 is 11.9 Å². The molecule has 0 aliphatic carbocycles. The molecule has 0 saturated carbocycles. The summed E-state index contributed by atoms with van der Waals surface area (Å²) in [4.78, 5) is 22.5. The lowest BCUT2D eigenvalue weighted by atomic mass is 9.88. The van der Waals surface area contributed by atoms with Gasteiger partial charge in [-0.05, 0) is 73.4 Å². The van der Waals surface area contributed by atoms with Crippen LogP contribution in [-0.4, -0.2) is 32.9 Å². The Labute approximate surface area is 183 Å². The van der Waals surface area contributed by atoms with Gasteiger partial charge in [-0.2, -0.15) is 0 Å². The average Bonchev–Trinajstić information content (AvgIpc) is 2.77. The Hall–Kier alpha value is -2.86. The lowest BCUT2D eigenvalue weighted by Crippen LogP contribution is -2.26. The Morgan fingerprint density at radius 1 is 1.00 bits per heavy atom. The number of carboxylic acid groups (broad SMARTS) is 2. The summed E-state index contributed by atoms with van der Waals surface area (Å²) < 4.78 is 5.83. The Kier molecular flexibility index (Phi) is 8.63. The van der Waals surface area contributed by atoms with Gasteiger partial charge in [-0.15, -0.1) is 0 Å². The molecule has 31 heavy (non-hydrogen) atoms. The zero-order valence-corrected chi connectivity index (χ0v) is 18.4. The van der Waals surface area contributed by atoms with Crippen molar-refractivity contribution in [2.45, 2.75) is 71.0 Å². The smallest absolute Gasteiger partial charge is 0.336 e. The zero-order chi connectivity index (χ0) is 23.0. The van der Waals surface area contributed by atoms with Gasteiger partial charge in [-0.3, -0.25) is 0 Å². The van der Waals surface area contributed by atoms with Gasteiger partial charge in [0.1, 0.15) is 12.4 Å². The number of rotatable bonds is 12. The van der Waals surface area contributed by atoms with Gasteiger partial charge in [0.05, 0.1) is 16.7 Å². The van der Waals surface area contributed by atoms with Crippen LogP contribution in [0.15, 0.2) is 42.5 Å². The summed E-state index contributed by atoms with van der Waals surface area (Å²) in [5.41, 5.74) is 0.649. The zero-order valence-electron chi connectivity index (χ0n) is 18.4. The first-order valence-electron chi connectivity index (χ1n) is 10.7. The first kappa shape index (κ1) is 24.4. The number of hydrogen-bond acceptors (Lipinski definition) is 4. The maximum absolute atomic E-state index is 11.3. The van der Waals surface area contributed by atoms with E-state index in [1.54, 1.807) is 6.07 Å². The van der Waals surface area contributed by atoms with Crippen LogP contribution in [0, 0.1) is 0 Å². The molecule has 0 saturated heterocycles. The van der Waals surface area contributed by atoms with Crippen molar-refractivity contribution in [3.05, 3.63) is 64.7 Å². The van der Waals surface area contributed by atoms with Crippen LogP contribution < -0.4 is 4.74 Å². The van der Waals surface area contributed by atoms with Crippen LogP contribution in [0.1, 0.15) is 90.6 Å². The van der Waals surface area contributed by atoms with E-state index in [4.69, 9.17) is 9.84 Å². The van der Waals surface area contributed by atoms with Gasteiger partial charge < -0.3 is 20.1 Å². The van der Waals surface area contributed by atoms with Crippen molar-refractivity contribution in [1.29, 1.82) is 0 Å². The molecule has 0 radical (unpaired) electrons. The molecule has 2 aromatic carbocycles. The second kappa shape index (κ2) is 11.0. The highest BCUT2D eigenvalue weighted by molar-refractivity contribution is 6.01. The molecular weight excluding hydrogens is 396 g/mol. The van der Waals surface area contributed by atoms with Crippen LogP contribution in [0.2, 0.25) is 0 Å². The maximum atomic E-state index is 11.3. The maximum Gasteiger partial charge on any atom is 0.336 e. The topological polar surface area (TPSA) is 104 Å². The Morgan fingerprint density at radius 2 is 1.68 bits per heavy atom. The fraction of sp³-hybridized carbons (Fsp3) is 0.440. The number of aromatic carboxylic acids is 2. The minimum atomic E-state index is -1.28. The molecular formula is C25H32O6. The van der Waals surface area contributed by atoms with Crippen molar-refractivity contribution in [3.63, 3.8) is 0 Å². The van der Waals surface area contributed by atoms with Gasteiger partial charge in [0.2, 0.25) is 0 Å². The van der Waals surface area contributed by atoms with E-state index in [0.717, 1.165) is 37.7 Å². The molecule has 6 nitrogen and oxygen atoms in total. The van der Waals surface area contributed by atoms with Crippen molar-refractivity contribution in [1.82, 2.24) is 0 Å². The fourth-order valence-corrected chi connectivity index (χ4v) is 3.63. The minimum Gasteiger partial charge on any atom is -0.489 e. The van der Waals surface area contributed by atoms with E-state index in [9.17, 15) is 19.8 Å². The molecule has 1 atom stereocenters. The molecule has 0 bridgehead atoms. The van der Waals surface area contributed by atoms with Gasteiger partial charge in [0.15, 0.2) is 0 Å². The molecule has 0 amide bonds. The first-order chi connectivity index (χ1) is 14.7. The molecule has 6 heteroatoms. The normalized spacial score (nSPS) is 12.4. The number of hydrogen-bond donors (Lipinski definition) is 3. The highest BCUT2D eigenvalue weighted by Crippen LogP contribution is 2.29. The van der Waals surface area contributed by atoms with Gasteiger partial charge in [-0.25, -0.2) is 9.59 Å². The molecule has 0 spiro atoms. The highest BCUT2D eigenvalue weighted by atomic mass is 16.5. The third kappa shape index (κ3) is 6.82. The lowest BCUT2D eigenvalue weighted by molar-refractivity contribution is 0.0209. The largest absolute Gasteiger partial charge is 0.489 e. The van der Waals surface area contributed by atoms with E-state index in [1.807, 2.05) is 38.1 Å². The molecule has 0 fully saturated rings. The monoisotopic (exact) mass is 428 g/mol. The standard InChI is InChI=1S/C25H32O6/c1-4-25(30,5-2)13-7-8-17(3)19-9-6-10-20(15-19)31-16-18-11-12-21(23(26)27)22(14-18)24(28)29/h6,9-12,14-15,17,30H,4-5,7-8,13,16H2,1-3H3,(H,26,27)(H,28,29). The SMILES string of the molecule is CCC(O)(CC)CCCC(C)c1cccc(OCc2ccc(C(=O)O)c(C(=O)O)c2)c1. The van der Waals surface area contributed by atoms with Gasteiger partial charge in [0.25, 0.3) is 0 Å². The average molecular weight is 429 g/mol. The first-order valence-corrected chi connectivity index (χ1v) is 10.7. The minimum absolute atomic E-state index is 0.137. The molecule has 2 rings (SSSR count). The van der Waals surface area contributed by atoms with Crippen molar-refractivity contribution in [3.8, 4) is 5.75 Å². The Morgan fingerprint density at radius 3 is 2.29 bits per heavy atom. The molecule has 3 N–H and O–H groups in total. The summed E-state index contributed by atoms with van der Waals surface area (Å²) in [6.45, 7) is 6.32. The van der Waals surface area contributed by atoms with Crippen LogP contribution in [-0.2, 0) is 6.61 Å². The fourth-order valence-electron chi connectivity index (χ4n) is 3.63. The lowest BCUT2D eigenvalue weighted by Gasteiger charge is -2.25. The van der Waals surface area contributed by atoms with Crippen molar-refractivity contribution in [2.75, 3.05) is 0 Å². The number of ether oxygens (including phenoxy) is 1. The van der Waals surface area contributed by atoms with Crippen LogP contribution in [0.3, 0.4) is 0 Å². The van der Waals surface area contributed by atoms with Gasteiger partial charge in [0, 0.05) is 0 Å². The van der Waals surface area contributed by atoms with Crippen LogP contribution in [0.4, 0.5) is 0 Å². The third-order valence-electron chi connectivity index (χ3n) is 5.97. The summed E-state index contributed by atoms with van der Waals surface area (Å²) in [6.07, 6.45) is 4.22. The van der Waals surface area contributed by atoms with E-state index in [0.29, 0.717) is 17.2 Å². The predicted molar refractivity (Wildman–Crippen MR) is 119 cm³/mol. The van der Waals surface area contributed by atoms with E-state index >= 15 is 0 Å². The number of carbonyl (C=O) groups is 2. The summed E-state index contributed by atoms with van der Waals surface area (Å²) >= 11 is 0. The highest BCUT2D eigenvalue weighted by Gasteiger charge is 2.22. The van der Waals surface area contributed by atoms with E-state index < -0.39 is 17.5 Å². The van der Waals surface area contributed by atoms with E-state index in [-0.39, 0.29) is 17.7 Å². The number of benzene rings is 2. The van der Waals surface area contributed by atoms with Crippen LogP contribution in [0.25, 0.3) is 0 Å². The number of carboxylic acids is 2. The third-order valence-corrected chi connectivity index (χ3v) is 5.97. The van der Waals surface area contributed by atoms with Gasteiger partial charge in [-0.1, -0.05) is 39.0 Å². The molecule has 2 aromatic rings. The van der Waals surface area contributed by atoms with E-state index in [1.165, 1.54) is 12.1 Å². The number of aliphatic hydroxyl groups is 1. The predicted octanol–water partition coefficient (Wildman–Crippen LogP) is 5.49. The summed E-state index contributed by atoms with van der Waals surface area (Å²) in [7, 11) is 0. The van der Waals surface area contributed by atoms with Crippen molar-refractivity contribution < 1.29 is 29.6 Å². The molecule has 0 aliphatic rings. The molecule has 0 aliphatic heterocycles. The molecule has 0 aromatic heterocycles. The summed E-state index contributed by atoms with van der Waals surface area (Å²) in [6, 6.07) is 12.0. The second-order valence-electron chi connectivity index (χ2n) is 8.08. The molecule has 168 valence electrons. The summed E-state index contributed by atoms with van der Waals surface area (Å²) in [5, 5.41) is 28.8. The Balaban J connectivity index is 2.00. The van der Waals surface area contributed by atoms with Crippen molar-refractivity contribution in [2.24, 2.45) is 0 Å². The second-order valence-corrected chi connectivity index (χ2v) is 8.08. The van der Waals surface area contributed by atoms with Crippen LogP contribution >= 0.6 is 0 Å². The Bertz CT molecular complexity index is 901. The molecule has 0 heterocycles. The summed E-state index contributed by atoms with van der Waals surface area (Å²) in [5.74, 6) is -1.58. The van der Waals surface area contributed by atoms with Crippen LogP contribution in [0.5, 0.6) is 5.75 Å².